The molecule has 7 heteroatoms. The molecule has 1 aromatic carbocycles. The third kappa shape index (κ3) is 3.44. The zero-order valence-corrected chi connectivity index (χ0v) is 13.5. The van der Waals surface area contributed by atoms with Gasteiger partial charge in [0.15, 0.2) is 11.5 Å². The number of hydrogen-bond acceptors (Lipinski definition) is 6. The van der Waals surface area contributed by atoms with Crippen LogP contribution in [0.5, 0.6) is 11.5 Å². The lowest BCUT2D eigenvalue weighted by Gasteiger charge is -2.30. The molecular weight excluding hydrogens is 296 g/mol. The number of ether oxygens (including phenoxy) is 2. The van der Waals surface area contributed by atoms with Crippen LogP contribution in [0.1, 0.15) is 32.1 Å². The lowest BCUT2D eigenvalue weighted by Crippen LogP contribution is -2.37. The van der Waals surface area contributed by atoms with Crippen molar-refractivity contribution in [2.45, 2.75) is 44.2 Å². The maximum atomic E-state index is 10.6. The van der Waals surface area contributed by atoms with Gasteiger partial charge in [0.2, 0.25) is 5.82 Å². The summed E-state index contributed by atoms with van der Waals surface area (Å²) in [4.78, 5) is 1.48. The van der Waals surface area contributed by atoms with E-state index < -0.39 is 5.60 Å². The second kappa shape index (κ2) is 6.54. The first kappa shape index (κ1) is 15.7. The average molecular weight is 318 g/mol. The molecule has 23 heavy (non-hydrogen) atoms. The lowest BCUT2D eigenvalue weighted by atomic mass is 9.85. The molecule has 1 fully saturated rings. The van der Waals surface area contributed by atoms with E-state index in [9.17, 15) is 5.11 Å². The van der Waals surface area contributed by atoms with E-state index in [1.54, 1.807) is 14.2 Å². The van der Waals surface area contributed by atoms with E-state index in [2.05, 4.69) is 15.4 Å². The first-order chi connectivity index (χ1) is 11.1. The van der Waals surface area contributed by atoms with Gasteiger partial charge in [-0.25, -0.2) is 0 Å². The molecule has 3 rings (SSSR count). The van der Waals surface area contributed by atoms with E-state index in [4.69, 9.17) is 9.47 Å². The van der Waals surface area contributed by atoms with Gasteiger partial charge in [0.1, 0.15) is 0 Å². The molecule has 0 unspecified atom stereocenters. The van der Waals surface area contributed by atoms with Crippen LogP contribution in [0.4, 0.5) is 0 Å². The maximum Gasteiger partial charge on any atom is 0.205 e. The Morgan fingerprint density at radius 1 is 1.13 bits per heavy atom. The van der Waals surface area contributed by atoms with Crippen LogP contribution in [0.15, 0.2) is 18.2 Å². The van der Waals surface area contributed by atoms with E-state index >= 15 is 0 Å². The smallest absolute Gasteiger partial charge is 0.205 e. The summed E-state index contributed by atoms with van der Waals surface area (Å²) < 4.78 is 10.5. The van der Waals surface area contributed by atoms with Crippen LogP contribution in [0.3, 0.4) is 0 Å². The van der Waals surface area contributed by atoms with Crippen molar-refractivity contribution in [1.82, 2.24) is 20.2 Å². The fourth-order valence-electron chi connectivity index (χ4n) is 3.03. The molecule has 1 aliphatic carbocycles. The normalized spacial score (nSPS) is 17.0. The summed E-state index contributed by atoms with van der Waals surface area (Å²) in [5, 5.41) is 23.1. The molecule has 1 aromatic heterocycles. The Hall–Kier alpha value is -2.15. The molecule has 7 nitrogen and oxygen atoms in total. The van der Waals surface area contributed by atoms with Gasteiger partial charge in [0.05, 0.1) is 26.4 Å². The number of benzene rings is 1. The summed E-state index contributed by atoms with van der Waals surface area (Å²) >= 11 is 0. The fourth-order valence-corrected chi connectivity index (χ4v) is 3.03. The van der Waals surface area contributed by atoms with Gasteiger partial charge in [0.25, 0.3) is 0 Å². The van der Waals surface area contributed by atoms with Crippen molar-refractivity contribution in [1.29, 1.82) is 0 Å². The third-order valence-electron chi connectivity index (χ3n) is 4.31. The number of nitrogens with zero attached hydrogens (tertiary/aromatic N) is 4. The Morgan fingerprint density at radius 3 is 2.57 bits per heavy atom. The van der Waals surface area contributed by atoms with E-state index in [0.29, 0.717) is 23.9 Å². The minimum absolute atomic E-state index is 0.382. The van der Waals surface area contributed by atoms with Crippen molar-refractivity contribution < 1.29 is 14.6 Å². The Kier molecular flexibility index (Phi) is 4.47. The van der Waals surface area contributed by atoms with Crippen molar-refractivity contribution in [2.75, 3.05) is 14.2 Å². The van der Waals surface area contributed by atoms with Crippen molar-refractivity contribution in [3.05, 3.63) is 18.2 Å². The SMILES string of the molecule is COc1ccc(-c2nnn(CC3(O)CCCCC3)n2)cc1OC. The van der Waals surface area contributed by atoms with Gasteiger partial charge in [-0.1, -0.05) is 19.3 Å². The van der Waals surface area contributed by atoms with E-state index in [0.717, 1.165) is 31.2 Å². The van der Waals surface area contributed by atoms with Crippen LogP contribution in [-0.4, -0.2) is 45.1 Å². The van der Waals surface area contributed by atoms with E-state index in [-0.39, 0.29) is 0 Å². The van der Waals surface area contributed by atoms with Crippen molar-refractivity contribution in [3.63, 3.8) is 0 Å². The van der Waals surface area contributed by atoms with E-state index in [1.807, 2.05) is 18.2 Å². The molecule has 0 radical (unpaired) electrons. The number of hydrogen-bond donors (Lipinski definition) is 1. The first-order valence-electron chi connectivity index (χ1n) is 7.86. The Morgan fingerprint density at radius 2 is 1.87 bits per heavy atom. The number of rotatable bonds is 5. The summed E-state index contributed by atoms with van der Waals surface area (Å²) in [6.07, 6.45) is 4.87. The highest BCUT2D eigenvalue weighted by Crippen LogP contribution is 2.31. The molecule has 1 saturated carbocycles. The predicted molar refractivity (Wildman–Crippen MR) is 84.4 cm³/mol. The predicted octanol–water partition coefficient (Wildman–Crippen LogP) is 2.05. The molecule has 0 atom stereocenters. The average Bonchev–Trinajstić information content (AvgIpc) is 3.02. The highest BCUT2D eigenvalue weighted by molar-refractivity contribution is 5.60. The molecule has 0 aliphatic heterocycles. The quantitative estimate of drug-likeness (QED) is 0.908. The zero-order valence-electron chi connectivity index (χ0n) is 13.5. The Labute approximate surface area is 135 Å². The van der Waals surface area contributed by atoms with Crippen molar-refractivity contribution >= 4 is 0 Å². The van der Waals surface area contributed by atoms with Crippen LogP contribution >= 0.6 is 0 Å². The molecule has 0 amide bonds. The minimum atomic E-state index is -0.714. The monoisotopic (exact) mass is 318 g/mol. The molecule has 124 valence electrons. The summed E-state index contributed by atoms with van der Waals surface area (Å²) in [6, 6.07) is 5.48. The Balaban J connectivity index is 1.79. The van der Waals surface area contributed by atoms with Gasteiger partial charge in [-0.05, 0) is 36.3 Å². The second-order valence-electron chi connectivity index (χ2n) is 6.00. The van der Waals surface area contributed by atoms with Crippen LogP contribution in [0.25, 0.3) is 11.4 Å². The topological polar surface area (TPSA) is 82.3 Å². The van der Waals surface area contributed by atoms with Crippen LogP contribution in [0, 0.1) is 0 Å². The van der Waals surface area contributed by atoms with Gasteiger partial charge in [-0.3, -0.25) is 0 Å². The van der Waals surface area contributed by atoms with Gasteiger partial charge < -0.3 is 14.6 Å². The number of aliphatic hydroxyl groups is 1. The molecule has 2 aromatic rings. The van der Waals surface area contributed by atoms with Crippen LogP contribution in [0.2, 0.25) is 0 Å². The lowest BCUT2D eigenvalue weighted by molar-refractivity contribution is -0.0179. The van der Waals surface area contributed by atoms with Crippen molar-refractivity contribution in [2.24, 2.45) is 0 Å². The number of methoxy groups -OCH3 is 2. The molecule has 1 N–H and O–H groups in total. The van der Waals surface area contributed by atoms with Gasteiger partial charge in [-0.2, -0.15) is 4.80 Å². The minimum Gasteiger partial charge on any atom is -0.493 e. The third-order valence-corrected chi connectivity index (χ3v) is 4.31. The Bertz CT molecular complexity index is 665. The number of tetrazole rings is 1. The molecular formula is C16H22N4O3. The summed E-state index contributed by atoms with van der Waals surface area (Å²) in [7, 11) is 3.18. The highest BCUT2D eigenvalue weighted by atomic mass is 16.5. The van der Waals surface area contributed by atoms with Crippen molar-refractivity contribution in [3.8, 4) is 22.9 Å². The molecule has 1 aliphatic rings. The highest BCUT2D eigenvalue weighted by Gasteiger charge is 2.30. The first-order valence-corrected chi connectivity index (χ1v) is 7.86. The fraction of sp³-hybridized carbons (Fsp3) is 0.562. The zero-order chi connectivity index (χ0) is 16.3. The van der Waals surface area contributed by atoms with Gasteiger partial charge in [0, 0.05) is 5.56 Å². The van der Waals surface area contributed by atoms with Crippen LogP contribution in [-0.2, 0) is 6.54 Å². The molecule has 0 bridgehead atoms. The largest absolute Gasteiger partial charge is 0.493 e. The molecule has 0 spiro atoms. The standard InChI is InChI=1S/C16H22N4O3/c1-22-13-7-6-12(10-14(13)23-2)15-17-19-20(18-15)11-16(21)8-4-3-5-9-16/h6-7,10,21H,3-5,8-9,11H2,1-2H3. The molecule has 1 heterocycles. The van der Waals surface area contributed by atoms with Crippen LogP contribution < -0.4 is 9.47 Å². The van der Waals surface area contributed by atoms with Gasteiger partial charge in [-0.15, -0.1) is 10.2 Å². The summed E-state index contributed by atoms with van der Waals surface area (Å²) in [5.41, 5.74) is 0.0814. The van der Waals surface area contributed by atoms with E-state index in [1.165, 1.54) is 11.2 Å². The maximum absolute atomic E-state index is 10.6. The summed E-state index contributed by atoms with van der Waals surface area (Å²) in [5.74, 6) is 1.78. The second-order valence-corrected chi connectivity index (χ2v) is 6.00. The molecule has 0 saturated heterocycles. The summed E-state index contributed by atoms with van der Waals surface area (Å²) in [6.45, 7) is 0.382. The number of aromatic nitrogens is 4. The van der Waals surface area contributed by atoms with Gasteiger partial charge >= 0.3 is 0 Å².